The smallest absolute Gasteiger partial charge is 0.229 e. The van der Waals surface area contributed by atoms with Gasteiger partial charge in [-0.1, -0.05) is 37.1 Å². The van der Waals surface area contributed by atoms with Crippen molar-refractivity contribution in [1.29, 1.82) is 0 Å². The Balaban J connectivity index is 1.16. The monoisotopic (exact) mass is 534 g/mol. The van der Waals surface area contributed by atoms with E-state index >= 15 is 0 Å². The molecule has 0 aliphatic rings. The number of ether oxygens (including phenoxy) is 1. The summed E-state index contributed by atoms with van der Waals surface area (Å²) in [5.74, 6) is -0.180. The zero-order valence-corrected chi connectivity index (χ0v) is 22.5. The number of aromatic hydroxyl groups is 1. The lowest BCUT2D eigenvalue weighted by molar-refractivity contribution is 0.126. The van der Waals surface area contributed by atoms with Crippen molar-refractivity contribution >= 4 is 37.1 Å². The highest BCUT2D eigenvalue weighted by Crippen LogP contribution is 2.28. The Labute approximate surface area is 218 Å². The van der Waals surface area contributed by atoms with Crippen molar-refractivity contribution in [3.05, 3.63) is 59.0 Å². The highest BCUT2D eigenvalue weighted by atomic mass is 32.2. The van der Waals surface area contributed by atoms with Crippen LogP contribution >= 0.6 is 11.3 Å². The summed E-state index contributed by atoms with van der Waals surface area (Å²) in [7, 11) is -3.51. The van der Waals surface area contributed by atoms with Crippen molar-refractivity contribution in [3.63, 3.8) is 0 Å². The predicted octanol–water partition coefficient (Wildman–Crippen LogP) is 5.20. The third kappa shape index (κ3) is 10.1. The SMILES string of the molecule is CS(=O)(=O)Nc1cc(C(O)CNCCCCCCOCCCCc2cc3ccccc3s2)ccc1O. The average molecular weight is 535 g/mol. The van der Waals surface area contributed by atoms with Crippen molar-refractivity contribution in [2.24, 2.45) is 0 Å². The Morgan fingerprint density at radius 1 is 0.972 bits per heavy atom. The molecule has 0 spiro atoms. The van der Waals surface area contributed by atoms with Crippen LogP contribution in [0.2, 0.25) is 0 Å². The lowest BCUT2D eigenvalue weighted by Crippen LogP contribution is -2.22. The number of phenols is 1. The van der Waals surface area contributed by atoms with Gasteiger partial charge in [0.2, 0.25) is 10.0 Å². The molecule has 0 radical (unpaired) electrons. The number of aryl methyl sites for hydroxylation is 1. The van der Waals surface area contributed by atoms with E-state index in [0.29, 0.717) is 12.1 Å². The molecule has 3 aromatic rings. The van der Waals surface area contributed by atoms with Crippen molar-refractivity contribution < 1.29 is 23.4 Å². The maximum atomic E-state index is 11.4. The molecule has 1 unspecified atom stereocenters. The predicted molar refractivity (Wildman–Crippen MR) is 148 cm³/mol. The number of sulfonamides is 1. The van der Waals surface area contributed by atoms with Crippen molar-refractivity contribution in [3.8, 4) is 5.75 Å². The van der Waals surface area contributed by atoms with Crippen LogP contribution in [0, 0.1) is 0 Å². The number of hydrogen-bond acceptors (Lipinski definition) is 7. The van der Waals surface area contributed by atoms with Crippen LogP contribution in [-0.4, -0.2) is 51.2 Å². The van der Waals surface area contributed by atoms with Gasteiger partial charge in [0.25, 0.3) is 0 Å². The summed E-state index contributed by atoms with van der Waals surface area (Å²) in [6, 6.07) is 15.3. The summed E-state index contributed by atoms with van der Waals surface area (Å²) >= 11 is 1.89. The van der Waals surface area contributed by atoms with Crippen molar-refractivity contribution in [1.82, 2.24) is 5.32 Å². The highest BCUT2D eigenvalue weighted by Gasteiger charge is 2.12. The average Bonchev–Trinajstić information content (AvgIpc) is 3.25. The first-order chi connectivity index (χ1) is 17.3. The van der Waals surface area contributed by atoms with Gasteiger partial charge in [-0.25, -0.2) is 8.42 Å². The maximum Gasteiger partial charge on any atom is 0.229 e. The van der Waals surface area contributed by atoms with E-state index in [9.17, 15) is 18.6 Å². The van der Waals surface area contributed by atoms with E-state index in [1.807, 2.05) is 11.3 Å². The van der Waals surface area contributed by atoms with Gasteiger partial charge in [-0.2, -0.15) is 0 Å². The van der Waals surface area contributed by atoms with Crippen molar-refractivity contribution in [2.75, 3.05) is 37.3 Å². The van der Waals surface area contributed by atoms with Gasteiger partial charge >= 0.3 is 0 Å². The summed E-state index contributed by atoms with van der Waals surface area (Å²) in [5.41, 5.74) is 0.597. The van der Waals surface area contributed by atoms with Crippen LogP contribution in [0.5, 0.6) is 5.75 Å². The van der Waals surface area contributed by atoms with Gasteiger partial charge in [0.05, 0.1) is 18.0 Å². The largest absolute Gasteiger partial charge is 0.506 e. The highest BCUT2D eigenvalue weighted by molar-refractivity contribution is 7.92. The number of fused-ring (bicyclic) bond motifs is 1. The summed E-state index contributed by atoms with van der Waals surface area (Å²) in [5, 5.41) is 24.7. The number of phenolic OH excluding ortho intramolecular Hbond substituents is 1. The minimum absolute atomic E-state index is 0.0625. The molecular weight excluding hydrogens is 496 g/mol. The van der Waals surface area contributed by atoms with Crippen LogP contribution in [0.3, 0.4) is 0 Å². The first-order valence-electron chi connectivity index (χ1n) is 12.6. The third-order valence-corrected chi connectivity index (χ3v) is 7.64. The van der Waals surface area contributed by atoms with Crippen LogP contribution < -0.4 is 10.0 Å². The Morgan fingerprint density at radius 3 is 2.50 bits per heavy atom. The molecule has 0 aliphatic carbocycles. The Morgan fingerprint density at radius 2 is 1.72 bits per heavy atom. The van der Waals surface area contributed by atoms with E-state index in [2.05, 4.69) is 40.4 Å². The number of unbranched alkanes of at least 4 members (excludes halogenated alkanes) is 4. The maximum absolute atomic E-state index is 11.4. The van der Waals surface area contributed by atoms with Gasteiger partial charge in [0.15, 0.2) is 0 Å². The molecule has 3 rings (SSSR count). The first-order valence-corrected chi connectivity index (χ1v) is 15.3. The van der Waals surface area contributed by atoms with Gasteiger partial charge < -0.3 is 20.3 Å². The fourth-order valence-corrected chi connectivity index (χ4v) is 5.64. The van der Waals surface area contributed by atoms with Gasteiger partial charge in [-0.15, -0.1) is 11.3 Å². The first kappa shape index (κ1) is 28.4. The fraction of sp³-hybridized carbons (Fsp3) is 0.481. The van der Waals surface area contributed by atoms with Crippen LogP contribution in [0.1, 0.15) is 55.1 Å². The number of nitrogens with one attached hydrogen (secondary N) is 2. The normalized spacial score (nSPS) is 12.7. The molecule has 9 heteroatoms. The minimum Gasteiger partial charge on any atom is -0.506 e. The molecule has 7 nitrogen and oxygen atoms in total. The Bertz CT molecular complexity index is 1150. The minimum atomic E-state index is -3.51. The van der Waals surface area contributed by atoms with Crippen molar-refractivity contribution in [2.45, 2.75) is 51.0 Å². The topological polar surface area (TPSA) is 108 Å². The zero-order chi connectivity index (χ0) is 25.8. The molecule has 0 bridgehead atoms. The Kier molecular flexibility index (Phi) is 11.5. The summed E-state index contributed by atoms with van der Waals surface area (Å²) in [6.07, 6.45) is 7.87. The second-order valence-electron chi connectivity index (χ2n) is 9.10. The number of benzene rings is 2. The zero-order valence-electron chi connectivity index (χ0n) is 20.9. The molecule has 1 aromatic heterocycles. The molecule has 4 N–H and O–H groups in total. The number of aliphatic hydroxyl groups excluding tert-OH is 1. The standard InChI is InChI=1S/C27H38N2O5S2/c1-36(32,33)29-24-19-21(13-14-25(24)30)26(31)20-28-15-7-2-3-8-16-34-17-9-6-11-23-18-22-10-4-5-12-27(22)35-23/h4-5,10,12-14,18-19,26,28-31H,2-3,6-9,11,15-17,20H2,1H3. The van der Waals surface area contributed by atoms with Gasteiger partial charge in [-0.3, -0.25) is 4.72 Å². The number of anilines is 1. The third-order valence-electron chi connectivity index (χ3n) is 5.87. The van der Waals surface area contributed by atoms with Crippen LogP contribution in [0.4, 0.5) is 5.69 Å². The molecule has 0 aliphatic heterocycles. The summed E-state index contributed by atoms with van der Waals surface area (Å²) in [6.45, 7) is 2.78. The van der Waals surface area contributed by atoms with Gasteiger partial charge in [0, 0.05) is 29.3 Å². The van der Waals surface area contributed by atoms with E-state index in [4.69, 9.17) is 4.74 Å². The molecule has 0 amide bonds. The summed E-state index contributed by atoms with van der Waals surface area (Å²) < 4.78 is 32.2. The number of thiophene rings is 1. The second-order valence-corrected chi connectivity index (χ2v) is 12.0. The second kappa shape index (κ2) is 14.5. The molecule has 0 saturated heterocycles. The molecule has 2 aromatic carbocycles. The van der Waals surface area contributed by atoms with Gasteiger partial charge in [0.1, 0.15) is 5.75 Å². The lowest BCUT2D eigenvalue weighted by atomic mass is 10.1. The molecule has 198 valence electrons. The molecule has 0 saturated carbocycles. The molecule has 0 fully saturated rings. The van der Waals surface area contributed by atoms with E-state index in [1.165, 1.54) is 27.1 Å². The summed E-state index contributed by atoms with van der Waals surface area (Å²) in [4.78, 5) is 1.45. The van der Waals surface area contributed by atoms with Crippen LogP contribution in [0.25, 0.3) is 10.1 Å². The molecular formula is C27H38N2O5S2. The van der Waals surface area contributed by atoms with Crippen LogP contribution in [0.15, 0.2) is 48.5 Å². The molecule has 1 atom stereocenters. The van der Waals surface area contributed by atoms with Gasteiger partial charge in [-0.05, 0) is 73.9 Å². The fourth-order valence-electron chi connectivity index (χ4n) is 3.97. The van der Waals surface area contributed by atoms with E-state index in [-0.39, 0.29) is 11.4 Å². The molecule has 1 heterocycles. The molecule has 36 heavy (non-hydrogen) atoms. The number of aliphatic hydroxyl groups is 1. The quantitative estimate of drug-likeness (QED) is 0.140. The van der Waals surface area contributed by atoms with E-state index < -0.39 is 16.1 Å². The lowest BCUT2D eigenvalue weighted by Gasteiger charge is -2.14. The Hall–Kier alpha value is -2.17. The van der Waals surface area contributed by atoms with Crippen LogP contribution in [-0.2, 0) is 21.2 Å². The van der Waals surface area contributed by atoms with E-state index in [1.54, 1.807) is 6.07 Å². The van der Waals surface area contributed by atoms with E-state index in [0.717, 1.165) is 71.0 Å². The number of rotatable bonds is 17. The number of hydrogen-bond donors (Lipinski definition) is 4.